The van der Waals surface area contributed by atoms with Gasteiger partial charge in [0.15, 0.2) is 0 Å². The number of aromatic hydroxyl groups is 1. The highest BCUT2D eigenvalue weighted by Crippen LogP contribution is 2.16. The quantitative estimate of drug-likeness (QED) is 0.701. The van der Waals surface area contributed by atoms with Gasteiger partial charge in [-0.3, -0.25) is 0 Å². The maximum absolute atomic E-state index is 8.69. The Bertz CT molecular complexity index is 354. The van der Waals surface area contributed by atoms with Crippen molar-refractivity contribution in [1.29, 1.82) is 0 Å². The van der Waals surface area contributed by atoms with Crippen LogP contribution in [0.5, 0.6) is 12.0 Å². The molecule has 0 aromatic carbocycles. The molecule has 2 aromatic rings. The molecule has 0 radical (unpaired) electrons. The summed E-state index contributed by atoms with van der Waals surface area (Å²) in [6.07, 6.45) is 3.95. The summed E-state index contributed by atoms with van der Waals surface area (Å²) in [5.41, 5.74) is 0. The van der Waals surface area contributed by atoms with Crippen molar-refractivity contribution in [2.75, 3.05) is 0 Å². The van der Waals surface area contributed by atoms with Crippen molar-refractivity contribution >= 4 is 0 Å². The molecular formula is C6H5N3O3. The van der Waals surface area contributed by atoms with E-state index in [1.54, 1.807) is 18.5 Å². The van der Waals surface area contributed by atoms with Gasteiger partial charge in [0.25, 0.3) is 0 Å². The monoisotopic (exact) mass is 167 g/mol. The van der Waals surface area contributed by atoms with Crippen LogP contribution in [-0.4, -0.2) is 20.0 Å². The summed E-state index contributed by atoms with van der Waals surface area (Å²) in [5, 5.41) is 12.4. The van der Waals surface area contributed by atoms with Crippen molar-refractivity contribution in [3.05, 3.63) is 24.7 Å². The van der Waals surface area contributed by atoms with Gasteiger partial charge in [0.1, 0.15) is 6.20 Å². The molecule has 0 aliphatic heterocycles. The van der Waals surface area contributed by atoms with Crippen molar-refractivity contribution in [3.63, 3.8) is 0 Å². The average Bonchev–Trinajstić information content (AvgIpc) is 2.63. The van der Waals surface area contributed by atoms with Crippen molar-refractivity contribution in [2.45, 2.75) is 0 Å². The highest BCUT2D eigenvalue weighted by Gasteiger charge is 2.02. The minimum absolute atomic E-state index is 0.0798. The molecule has 0 amide bonds. The third kappa shape index (κ3) is 1.22. The summed E-state index contributed by atoms with van der Waals surface area (Å²) in [5.74, 6) is 0.0798. The molecular weight excluding hydrogens is 162 g/mol. The zero-order valence-electron chi connectivity index (χ0n) is 5.91. The minimum atomic E-state index is -0.433. The van der Waals surface area contributed by atoms with Gasteiger partial charge in [-0.15, -0.1) is 5.10 Å². The zero-order chi connectivity index (χ0) is 8.39. The number of hydrogen-bond donors (Lipinski definition) is 1. The van der Waals surface area contributed by atoms with Crippen LogP contribution < -0.4 is 4.84 Å². The van der Waals surface area contributed by atoms with Crippen LogP contribution in [0, 0.1) is 0 Å². The Hall–Kier alpha value is -1.98. The molecule has 0 atom stereocenters. The zero-order valence-corrected chi connectivity index (χ0v) is 5.91. The fourth-order valence-electron chi connectivity index (χ4n) is 0.694. The van der Waals surface area contributed by atoms with E-state index in [0.29, 0.717) is 0 Å². The molecule has 0 fully saturated rings. The van der Waals surface area contributed by atoms with Crippen LogP contribution >= 0.6 is 0 Å². The van der Waals surface area contributed by atoms with E-state index in [1.165, 1.54) is 11.0 Å². The van der Waals surface area contributed by atoms with E-state index in [1.807, 2.05) is 0 Å². The van der Waals surface area contributed by atoms with E-state index in [9.17, 15) is 0 Å². The van der Waals surface area contributed by atoms with Crippen LogP contribution in [0.2, 0.25) is 0 Å². The van der Waals surface area contributed by atoms with Crippen LogP contribution in [-0.2, 0) is 0 Å². The molecule has 6 nitrogen and oxygen atoms in total. The third-order valence-electron chi connectivity index (χ3n) is 1.14. The maximum Gasteiger partial charge on any atom is 0.394 e. The number of rotatable bonds is 2. The van der Waals surface area contributed by atoms with E-state index in [0.717, 1.165) is 0 Å². The standard InChI is InChI=1S/C6H5N3O3/c10-6-7-4-5(11-6)12-9-3-1-2-8-9/h1-4H,(H,7,10). The van der Waals surface area contributed by atoms with Gasteiger partial charge in [-0.2, -0.15) is 4.98 Å². The molecule has 1 N–H and O–H groups in total. The summed E-state index contributed by atoms with van der Waals surface area (Å²) in [7, 11) is 0. The molecule has 12 heavy (non-hydrogen) atoms. The lowest BCUT2D eigenvalue weighted by atomic mass is 10.8. The lowest BCUT2D eigenvalue weighted by Crippen LogP contribution is -2.03. The highest BCUT2D eigenvalue weighted by molar-refractivity contribution is 5.01. The SMILES string of the molecule is Oc1ncc(On2cccn2)o1. The van der Waals surface area contributed by atoms with Gasteiger partial charge < -0.3 is 14.4 Å². The summed E-state index contributed by atoms with van der Waals surface area (Å²) < 4.78 is 4.62. The summed E-state index contributed by atoms with van der Waals surface area (Å²) in [6, 6.07) is 1.69. The molecule has 62 valence electrons. The Kier molecular flexibility index (Phi) is 1.44. The summed E-state index contributed by atoms with van der Waals surface area (Å²) >= 11 is 0. The van der Waals surface area contributed by atoms with Gasteiger partial charge in [0, 0.05) is 0 Å². The first-order valence-electron chi connectivity index (χ1n) is 3.17. The number of oxazole rings is 1. The maximum atomic E-state index is 8.69. The summed E-state index contributed by atoms with van der Waals surface area (Å²) in [4.78, 5) is 9.56. The Labute approximate surface area is 67.0 Å². The lowest BCUT2D eigenvalue weighted by molar-refractivity contribution is 0.124. The first-order chi connectivity index (χ1) is 5.84. The Morgan fingerprint density at radius 2 is 2.50 bits per heavy atom. The van der Waals surface area contributed by atoms with Crippen LogP contribution in [0.3, 0.4) is 0 Å². The molecule has 0 saturated carbocycles. The second-order valence-electron chi connectivity index (χ2n) is 1.96. The average molecular weight is 167 g/mol. The number of hydrogen-bond acceptors (Lipinski definition) is 5. The van der Waals surface area contributed by atoms with Gasteiger partial charge in [-0.25, -0.2) is 0 Å². The fraction of sp³-hybridized carbons (Fsp3) is 0. The van der Waals surface area contributed by atoms with Crippen LogP contribution in [0.25, 0.3) is 0 Å². The van der Waals surface area contributed by atoms with Gasteiger partial charge >= 0.3 is 12.0 Å². The predicted octanol–water partition coefficient (Wildman–Crippen LogP) is 0.419. The molecule has 0 aliphatic carbocycles. The largest absolute Gasteiger partial charge is 0.466 e. The first-order valence-corrected chi connectivity index (χ1v) is 3.17. The number of nitrogens with zero attached hydrogens (tertiary/aromatic N) is 3. The van der Waals surface area contributed by atoms with Crippen molar-refractivity contribution < 1.29 is 14.4 Å². The molecule has 2 heterocycles. The second-order valence-corrected chi connectivity index (χ2v) is 1.96. The minimum Gasteiger partial charge on any atom is -0.466 e. The Morgan fingerprint density at radius 3 is 3.08 bits per heavy atom. The molecule has 0 aliphatic rings. The Morgan fingerprint density at radius 1 is 1.58 bits per heavy atom. The second kappa shape index (κ2) is 2.57. The molecule has 0 spiro atoms. The van der Waals surface area contributed by atoms with E-state index in [2.05, 4.69) is 14.5 Å². The van der Waals surface area contributed by atoms with E-state index in [-0.39, 0.29) is 5.95 Å². The Balaban J connectivity index is 2.14. The summed E-state index contributed by atoms with van der Waals surface area (Å²) in [6.45, 7) is 0. The topological polar surface area (TPSA) is 73.3 Å². The van der Waals surface area contributed by atoms with Crippen LogP contribution in [0.1, 0.15) is 0 Å². The third-order valence-corrected chi connectivity index (χ3v) is 1.14. The predicted molar refractivity (Wildman–Crippen MR) is 36.4 cm³/mol. The smallest absolute Gasteiger partial charge is 0.394 e. The van der Waals surface area contributed by atoms with Crippen LogP contribution in [0.15, 0.2) is 29.1 Å². The van der Waals surface area contributed by atoms with Gasteiger partial charge in [0.2, 0.25) is 0 Å². The first kappa shape index (κ1) is 6.71. The normalized spacial score (nSPS) is 10.0. The van der Waals surface area contributed by atoms with E-state index in [4.69, 9.17) is 9.94 Å². The molecule has 0 saturated heterocycles. The van der Waals surface area contributed by atoms with Gasteiger partial charge in [-0.1, -0.05) is 4.85 Å². The lowest BCUT2D eigenvalue weighted by Gasteiger charge is -1.96. The molecule has 0 bridgehead atoms. The molecule has 2 rings (SSSR count). The van der Waals surface area contributed by atoms with Crippen LogP contribution in [0.4, 0.5) is 0 Å². The van der Waals surface area contributed by atoms with Gasteiger partial charge in [-0.05, 0) is 6.07 Å². The van der Waals surface area contributed by atoms with Crippen molar-refractivity contribution in [2.24, 2.45) is 0 Å². The molecule has 6 heteroatoms. The van der Waals surface area contributed by atoms with E-state index >= 15 is 0 Å². The molecule has 2 aromatic heterocycles. The van der Waals surface area contributed by atoms with Crippen molar-refractivity contribution in [1.82, 2.24) is 14.9 Å². The molecule has 0 unspecified atom stereocenters. The van der Waals surface area contributed by atoms with E-state index < -0.39 is 6.08 Å². The van der Waals surface area contributed by atoms with Crippen molar-refractivity contribution in [3.8, 4) is 12.0 Å². The highest BCUT2D eigenvalue weighted by atomic mass is 16.7. The number of aromatic nitrogens is 3. The fourth-order valence-corrected chi connectivity index (χ4v) is 0.694. The van der Waals surface area contributed by atoms with Gasteiger partial charge in [0.05, 0.1) is 12.4 Å².